The lowest BCUT2D eigenvalue weighted by Gasteiger charge is -2.21. The Morgan fingerprint density at radius 2 is 2.33 bits per heavy atom. The van der Waals surface area contributed by atoms with Crippen molar-refractivity contribution in [2.24, 2.45) is 7.05 Å². The number of hydrogen-bond acceptors (Lipinski definition) is 2. The van der Waals surface area contributed by atoms with Crippen LogP contribution in [0, 0.1) is 0 Å². The minimum Gasteiger partial charge on any atom is -0.385 e. The third kappa shape index (κ3) is 2.05. The molecule has 0 saturated heterocycles. The number of halogens is 1. The fourth-order valence-electron chi connectivity index (χ4n) is 2.54. The second kappa shape index (κ2) is 4.76. The van der Waals surface area contributed by atoms with E-state index in [1.165, 1.54) is 35.3 Å². The van der Waals surface area contributed by atoms with Gasteiger partial charge in [-0.15, -0.1) is 0 Å². The minimum atomic E-state index is 0.910. The highest BCUT2D eigenvalue weighted by Gasteiger charge is 2.14. The first-order valence-electron chi connectivity index (χ1n) is 6.26. The topological polar surface area (TPSA) is 29.9 Å². The van der Waals surface area contributed by atoms with E-state index in [2.05, 4.69) is 44.5 Å². The van der Waals surface area contributed by atoms with Gasteiger partial charge in [-0.1, -0.05) is 18.2 Å². The Balaban J connectivity index is 1.98. The number of nitrogens with one attached hydrogen (secondary N) is 1. The summed E-state index contributed by atoms with van der Waals surface area (Å²) in [5.74, 6) is 0. The van der Waals surface area contributed by atoms with E-state index in [1.54, 1.807) is 0 Å². The van der Waals surface area contributed by atoms with Crippen LogP contribution in [-0.4, -0.2) is 16.3 Å². The molecule has 4 heteroatoms. The second-order valence-corrected chi connectivity index (χ2v) is 5.58. The van der Waals surface area contributed by atoms with Crippen molar-refractivity contribution in [3.8, 4) is 0 Å². The average Bonchev–Trinajstić information content (AvgIpc) is 2.71. The average molecular weight is 306 g/mol. The van der Waals surface area contributed by atoms with Gasteiger partial charge in [0.25, 0.3) is 0 Å². The van der Waals surface area contributed by atoms with Crippen LogP contribution in [0.15, 0.2) is 28.9 Å². The molecule has 0 saturated carbocycles. The first kappa shape index (κ1) is 11.8. The molecule has 1 aliphatic heterocycles. The molecule has 0 spiro atoms. The third-order valence-corrected chi connectivity index (χ3v) is 4.19. The molecule has 0 aliphatic carbocycles. The Labute approximate surface area is 115 Å². The Kier molecular flexibility index (Phi) is 3.12. The van der Waals surface area contributed by atoms with Gasteiger partial charge < -0.3 is 5.32 Å². The normalized spacial score (nSPS) is 14.1. The third-order valence-electron chi connectivity index (χ3n) is 3.53. The van der Waals surface area contributed by atoms with Crippen molar-refractivity contribution < 1.29 is 0 Å². The monoisotopic (exact) mass is 305 g/mol. The second-order valence-electron chi connectivity index (χ2n) is 4.72. The molecule has 94 valence electrons. The van der Waals surface area contributed by atoms with Gasteiger partial charge in [-0.25, -0.2) is 0 Å². The predicted octanol–water partition coefficient (Wildman–Crippen LogP) is 3.13. The number of aromatic nitrogens is 2. The SMILES string of the molecule is Cn1ncc(Br)c1Cc1cccc2c1NCCC2. The molecule has 3 nitrogen and oxygen atoms in total. The number of nitrogens with zero attached hydrogens (tertiary/aromatic N) is 2. The lowest BCUT2D eigenvalue weighted by atomic mass is 9.97. The number of aryl methyl sites for hydroxylation is 2. The zero-order valence-electron chi connectivity index (χ0n) is 10.4. The van der Waals surface area contributed by atoms with E-state index in [1.807, 2.05) is 17.9 Å². The van der Waals surface area contributed by atoms with Crippen LogP contribution < -0.4 is 5.32 Å². The molecule has 2 heterocycles. The number of para-hydroxylation sites is 1. The quantitative estimate of drug-likeness (QED) is 0.924. The molecule has 1 aromatic carbocycles. The maximum Gasteiger partial charge on any atom is 0.0635 e. The van der Waals surface area contributed by atoms with Crippen molar-refractivity contribution in [1.82, 2.24) is 9.78 Å². The van der Waals surface area contributed by atoms with Crippen molar-refractivity contribution in [2.45, 2.75) is 19.3 Å². The summed E-state index contributed by atoms with van der Waals surface area (Å²) in [7, 11) is 1.99. The highest BCUT2D eigenvalue weighted by molar-refractivity contribution is 9.10. The summed E-state index contributed by atoms with van der Waals surface area (Å²) in [5, 5.41) is 7.81. The van der Waals surface area contributed by atoms with Crippen molar-refractivity contribution in [3.05, 3.63) is 45.7 Å². The summed E-state index contributed by atoms with van der Waals surface area (Å²) < 4.78 is 3.02. The molecule has 1 aromatic heterocycles. The molecule has 0 radical (unpaired) electrons. The van der Waals surface area contributed by atoms with Crippen molar-refractivity contribution in [2.75, 3.05) is 11.9 Å². The van der Waals surface area contributed by atoms with Crippen LogP contribution >= 0.6 is 15.9 Å². The summed E-state index contributed by atoms with van der Waals surface area (Å²) in [6.45, 7) is 1.08. The zero-order chi connectivity index (χ0) is 12.5. The van der Waals surface area contributed by atoms with Crippen molar-refractivity contribution in [3.63, 3.8) is 0 Å². The summed E-state index contributed by atoms with van der Waals surface area (Å²) in [5.41, 5.74) is 5.35. The van der Waals surface area contributed by atoms with Gasteiger partial charge in [0.2, 0.25) is 0 Å². The van der Waals surface area contributed by atoms with Crippen molar-refractivity contribution in [1.29, 1.82) is 0 Å². The number of hydrogen-bond donors (Lipinski definition) is 1. The van der Waals surface area contributed by atoms with E-state index in [9.17, 15) is 0 Å². The van der Waals surface area contributed by atoms with Crippen LogP contribution in [0.5, 0.6) is 0 Å². The van der Waals surface area contributed by atoms with Crippen LogP contribution in [0.2, 0.25) is 0 Å². The highest BCUT2D eigenvalue weighted by atomic mass is 79.9. The summed E-state index contributed by atoms with van der Waals surface area (Å²) in [6.07, 6.45) is 5.18. The Hall–Kier alpha value is -1.29. The molecule has 1 N–H and O–H groups in total. The van der Waals surface area contributed by atoms with E-state index >= 15 is 0 Å². The molecule has 0 atom stereocenters. The summed E-state index contributed by atoms with van der Waals surface area (Å²) in [4.78, 5) is 0. The Morgan fingerprint density at radius 3 is 3.11 bits per heavy atom. The molecule has 0 amide bonds. The van der Waals surface area contributed by atoms with Crippen LogP contribution in [-0.2, 0) is 19.9 Å². The number of benzene rings is 1. The maximum absolute atomic E-state index is 4.27. The molecule has 3 rings (SSSR count). The molecule has 2 aromatic rings. The lowest BCUT2D eigenvalue weighted by molar-refractivity contribution is 0.722. The van der Waals surface area contributed by atoms with Gasteiger partial charge in [-0.2, -0.15) is 5.10 Å². The molecule has 0 fully saturated rings. The van der Waals surface area contributed by atoms with Gasteiger partial charge in [0.1, 0.15) is 0 Å². The fourth-order valence-corrected chi connectivity index (χ4v) is 3.03. The molecular formula is C14H16BrN3. The summed E-state index contributed by atoms with van der Waals surface area (Å²) in [6, 6.07) is 6.59. The number of rotatable bonds is 2. The summed E-state index contributed by atoms with van der Waals surface area (Å²) >= 11 is 3.57. The van der Waals surface area contributed by atoms with Gasteiger partial charge in [-0.05, 0) is 39.9 Å². The maximum atomic E-state index is 4.27. The van der Waals surface area contributed by atoms with Gasteiger partial charge in [-0.3, -0.25) is 4.68 Å². The fraction of sp³-hybridized carbons (Fsp3) is 0.357. The van der Waals surface area contributed by atoms with E-state index in [-0.39, 0.29) is 0 Å². The van der Waals surface area contributed by atoms with E-state index in [0.717, 1.165) is 17.4 Å². The van der Waals surface area contributed by atoms with Gasteiger partial charge in [0.05, 0.1) is 16.4 Å². The van der Waals surface area contributed by atoms with Crippen LogP contribution in [0.3, 0.4) is 0 Å². The van der Waals surface area contributed by atoms with E-state index < -0.39 is 0 Å². The molecule has 0 bridgehead atoms. The van der Waals surface area contributed by atoms with Gasteiger partial charge in [0, 0.05) is 25.7 Å². The van der Waals surface area contributed by atoms with E-state index in [0.29, 0.717) is 0 Å². The van der Waals surface area contributed by atoms with Crippen molar-refractivity contribution >= 4 is 21.6 Å². The van der Waals surface area contributed by atoms with Crippen LogP contribution in [0.1, 0.15) is 23.2 Å². The lowest BCUT2D eigenvalue weighted by Crippen LogP contribution is -2.14. The largest absolute Gasteiger partial charge is 0.385 e. The van der Waals surface area contributed by atoms with Gasteiger partial charge >= 0.3 is 0 Å². The molecular weight excluding hydrogens is 290 g/mol. The zero-order valence-corrected chi connectivity index (χ0v) is 12.0. The number of anilines is 1. The Bertz CT molecular complexity index is 555. The molecule has 1 aliphatic rings. The highest BCUT2D eigenvalue weighted by Crippen LogP contribution is 2.29. The molecule has 18 heavy (non-hydrogen) atoms. The van der Waals surface area contributed by atoms with Crippen LogP contribution in [0.4, 0.5) is 5.69 Å². The predicted molar refractivity (Wildman–Crippen MR) is 77.0 cm³/mol. The standard InChI is InChI=1S/C14H16BrN3/c1-18-13(12(15)9-17-18)8-11-5-2-4-10-6-3-7-16-14(10)11/h2,4-5,9,16H,3,6-8H2,1H3. The first-order chi connectivity index (χ1) is 8.75. The minimum absolute atomic E-state index is 0.910. The number of fused-ring (bicyclic) bond motifs is 1. The molecule has 0 unspecified atom stereocenters. The smallest absolute Gasteiger partial charge is 0.0635 e. The van der Waals surface area contributed by atoms with E-state index in [4.69, 9.17) is 0 Å². The van der Waals surface area contributed by atoms with Crippen LogP contribution in [0.25, 0.3) is 0 Å². The first-order valence-corrected chi connectivity index (χ1v) is 7.06. The van der Waals surface area contributed by atoms with Gasteiger partial charge in [0.15, 0.2) is 0 Å². The Morgan fingerprint density at radius 1 is 1.44 bits per heavy atom.